The minimum Gasteiger partial charge on any atom is -0.385 e. The first-order valence-electron chi connectivity index (χ1n) is 7.75. The molecule has 1 aliphatic rings. The molecule has 0 radical (unpaired) electrons. The van der Waals surface area contributed by atoms with Crippen molar-refractivity contribution in [3.8, 4) is 0 Å². The number of nitrogens with zero attached hydrogens (tertiary/aromatic N) is 1. The van der Waals surface area contributed by atoms with Crippen LogP contribution in [0.1, 0.15) is 14.5 Å². The number of alkyl halides is 1. The molecule has 1 aromatic rings. The topological polar surface area (TPSA) is 218 Å². The van der Waals surface area contributed by atoms with E-state index in [-0.39, 0.29) is 5.56 Å². The van der Waals surface area contributed by atoms with Crippen molar-refractivity contribution in [1.29, 1.82) is 0 Å². The molecule has 1 unspecified atom stereocenters. The van der Waals surface area contributed by atoms with Gasteiger partial charge < -0.3 is 29.6 Å². The summed E-state index contributed by atoms with van der Waals surface area (Å²) in [6.07, 6.45) is -6.53. The summed E-state index contributed by atoms with van der Waals surface area (Å²) in [5.74, 6) is -4.14. The second-order valence-corrected chi connectivity index (χ2v) is 8.06. The number of aromatic amines is 1. The molecule has 154 valence electrons. The predicted octanol–water partition coefficient (Wildman–Crippen LogP) is -2.01. The van der Waals surface area contributed by atoms with Crippen molar-refractivity contribution in [3.05, 3.63) is 32.6 Å². The Labute approximate surface area is 151 Å². The lowest BCUT2D eigenvalue weighted by Crippen LogP contribution is -2.43. The lowest BCUT2D eigenvalue weighted by Gasteiger charge is -2.23. The third-order valence-electron chi connectivity index (χ3n) is 3.22. The molecule has 1 aliphatic heterocycles. The molecule has 27 heavy (non-hydrogen) atoms. The van der Waals surface area contributed by atoms with Crippen LogP contribution in [0.4, 0.5) is 4.39 Å². The minimum atomic E-state index is -5.96. The Kier molecular flexibility index (Phi) is 5.16. The standard InChI is InChI=1S/C10H15FN2O12P2/c1-4-2-13(9(17)12-7(4)16)8-5(14)6(15)10(11,24-8)3-23-27(21,22)25-26(18,19)20/h2,5-6,8,14-15H,3H2,1H3,(H,21,22)(H,12,16,17)(H2,18,19,20)/t5-,6+,8-,10-/m1/s1/i3D2. The zero-order valence-corrected chi connectivity index (χ0v) is 14.9. The minimum absolute atomic E-state index is 0.111. The maximum Gasteiger partial charge on any atom is 0.481 e. The maximum atomic E-state index is 15.1. The SMILES string of the molecule is [2H]C([2H])(OP(=O)(O)OP(=O)(O)O)[C@@]1(F)O[C@@H](n2cc(C)c(=O)[nH]c2=O)[C@H](O)[C@@H]1O. The van der Waals surface area contributed by atoms with Crippen LogP contribution in [0.2, 0.25) is 0 Å². The third kappa shape index (κ3) is 4.97. The largest absolute Gasteiger partial charge is 0.481 e. The number of hydrogen-bond acceptors (Lipinski definition) is 9. The number of aromatic nitrogens is 2. The molecule has 2 heterocycles. The van der Waals surface area contributed by atoms with Crippen molar-refractivity contribution < 1.29 is 54.7 Å². The van der Waals surface area contributed by atoms with Crippen molar-refractivity contribution >= 4 is 15.6 Å². The van der Waals surface area contributed by atoms with Crippen molar-refractivity contribution in [2.45, 2.75) is 31.2 Å². The number of aliphatic hydroxyl groups excluding tert-OH is 2. The van der Waals surface area contributed by atoms with Gasteiger partial charge in [-0.05, 0) is 6.92 Å². The van der Waals surface area contributed by atoms with Crippen molar-refractivity contribution in [2.75, 3.05) is 6.56 Å². The summed E-state index contributed by atoms with van der Waals surface area (Å²) in [6.45, 7) is -2.93. The molecule has 17 heteroatoms. The summed E-state index contributed by atoms with van der Waals surface area (Å²) < 4.78 is 64.3. The van der Waals surface area contributed by atoms with Gasteiger partial charge in [0.15, 0.2) is 6.23 Å². The van der Waals surface area contributed by atoms with Gasteiger partial charge in [-0.1, -0.05) is 0 Å². The summed E-state index contributed by atoms with van der Waals surface area (Å²) in [4.78, 5) is 51.3. The summed E-state index contributed by atoms with van der Waals surface area (Å²) in [5.41, 5.74) is -2.18. The molecule has 0 aromatic carbocycles. The van der Waals surface area contributed by atoms with Crippen LogP contribution in [0.15, 0.2) is 15.8 Å². The van der Waals surface area contributed by atoms with Gasteiger partial charge in [-0.25, -0.2) is 18.3 Å². The molecule has 2 rings (SSSR count). The average Bonchev–Trinajstić information content (AvgIpc) is 2.73. The van der Waals surface area contributed by atoms with E-state index >= 15 is 4.39 Å². The Morgan fingerprint density at radius 2 is 2.00 bits per heavy atom. The fraction of sp³-hybridized carbons (Fsp3) is 0.600. The smallest absolute Gasteiger partial charge is 0.385 e. The van der Waals surface area contributed by atoms with Gasteiger partial charge >= 0.3 is 21.3 Å². The maximum absolute atomic E-state index is 15.1. The number of ether oxygens (including phenoxy) is 1. The van der Waals surface area contributed by atoms with E-state index in [4.69, 9.17) is 12.5 Å². The van der Waals surface area contributed by atoms with E-state index in [1.54, 1.807) is 4.98 Å². The Morgan fingerprint density at radius 3 is 2.56 bits per heavy atom. The molecule has 1 saturated heterocycles. The summed E-state index contributed by atoms with van der Waals surface area (Å²) in [7, 11) is -11.6. The number of rotatable bonds is 6. The zero-order valence-electron chi connectivity index (χ0n) is 15.1. The highest BCUT2D eigenvalue weighted by molar-refractivity contribution is 7.60. The Morgan fingerprint density at radius 1 is 1.41 bits per heavy atom. The van der Waals surface area contributed by atoms with Gasteiger partial charge in [-0.15, -0.1) is 0 Å². The lowest BCUT2D eigenvalue weighted by atomic mass is 10.1. The van der Waals surface area contributed by atoms with Crippen LogP contribution in [0.3, 0.4) is 0 Å². The molecule has 5 atom stereocenters. The first-order chi connectivity index (χ1) is 12.9. The van der Waals surface area contributed by atoms with Crippen LogP contribution in [-0.2, 0) is 22.7 Å². The van der Waals surface area contributed by atoms with Crippen LogP contribution in [0.5, 0.6) is 0 Å². The quantitative estimate of drug-likeness (QED) is 0.265. The van der Waals surface area contributed by atoms with Crippen LogP contribution >= 0.6 is 15.6 Å². The van der Waals surface area contributed by atoms with Gasteiger partial charge in [-0.2, -0.15) is 4.31 Å². The highest BCUT2D eigenvalue weighted by atomic mass is 31.3. The van der Waals surface area contributed by atoms with E-state index in [1.807, 2.05) is 0 Å². The van der Waals surface area contributed by atoms with E-state index in [9.17, 15) is 33.8 Å². The molecule has 0 bridgehead atoms. The zero-order chi connectivity index (χ0) is 22.6. The molecule has 14 nitrogen and oxygen atoms in total. The molecule has 0 saturated carbocycles. The normalized spacial score (nSPS) is 32.6. The molecule has 0 aliphatic carbocycles. The Balaban J connectivity index is 2.42. The highest BCUT2D eigenvalue weighted by Crippen LogP contribution is 2.58. The van der Waals surface area contributed by atoms with Crippen molar-refractivity contribution in [2.24, 2.45) is 0 Å². The van der Waals surface area contributed by atoms with Crippen LogP contribution in [-0.4, -0.2) is 59.1 Å². The van der Waals surface area contributed by atoms with E-state index in [2.05, 4.69) is 13.6 Å². The summed E-state index contributed by atoms with van der Waals surface area (Å²) in [6, 6.07) is 0. The molecular weight excluding hydrogens is 421 g/mol. The number of hydrogen-bond donors (Lipinski definition) is 6. The monoisotopic (exact) mass is 438 g/mol. The first-order valence-corrected chi connectivity index (χ1v) is 9.78. The molecule has 1 aromatic heterocycles. The van der Waals surface area contributed by atoms with E-state index in [0.29, 0.717) is 4.57 Å². The summed E-state index contributed by atoms with van der Waals surface area (Å²) >= 11 is 0. The van der Waals surface area contributed by atoms with Crippen LogP contribution in [0.25, 0.3) is 0 Å². The second kappa shape index (κ2) is 7.29. The van der Waals surface area contributed by atoms with Crippen LogP contribution in [0, 0.1) is 6.92 Å². The Hall–Kier alpha value is -1.25. The van der Waals surface area contributed by atoms with E-state index in [1.165, 1.54) is 6.92 Å². The van der Waals surface area contributed by atoms with Gasteiger partial charge in [0.05, 0.1) is 2.74 Å². The van der Waals surface area contributed by atoms with E-state index < -0.39 is 57.7 Å². The molecular formula is C10H15FN2O12P2. The predicted molar refractivity (Wildman–Crippen MR) is 80.9 cm³/mol. The molecule has 1 fully saturated rings. The summed E-state index contributed by atoms with van der Waals surface area (Å²) in [5, 5.41) is 19.9. The lowest BCUT2D eigenvalue weighted by molar-refractivity contribution is -0.205. The number of H-pyrrole nitrogens is 1. The molecule has 0 amide bonds. The highest BCUT2D eigenvalue weighted by Gasteiger charge is 2.57. The number of halogens is 1. The Bertz CT molecular complexity index is 1010. The molecule has 0 spiro atoms. The van der Waals surface area contributed by atoms with Crippen molar-refractivity contribution in [1.82, 2.24) is 9.55 Å². The fourth-order valence-electron chi connectivity index (χ4n) is 2.04. The van der Waals surface area contributed by atoms with Gasteiger partial charge in [0.1, 0.15) is 18.8 Å². The number of phosphoric ester groups is 1. The van der Waals surface area contributed by atoms with Crippen LogP contribution < -0.4 is 11.2 Å². The van der Waals surface area contributed by atoms with Gasteiger partial charge in [0.2, 0.25) is 0 Å². The number of phosphoric acid groups is 2. The van der Waals surface area contributed by atoms with Gasteiger partial charge in [0.25, 0.3) is 11.4 Å². The fourth-order valence-corrected chi connectivity index (χ4v) is 3.49. The third-order valence-corrected chi connectivity index (χ3v) is 5.22. The average molecular weight is 438 g/mol. The second-order valence-electron chi connectivity index (χ2n) is 5.30. The van der Waals surface area contributed by atoms with Crippen molar-refractivity contribution in [3.63, 3.8) is 0 Å². The number of nitrogens with one attached hydrogen (secondary N) is 1. The van der Waals surface area contributed by atoms with Gasteiger partial charge in [0, 0.05) is 11.8 Å². The number of aryl methyl sites for hydroxylation is 1. The first kappa shape index (κ1) is 19.1. The number of aliphatic hydroxyl groups is 2. The van der Waals surface area contributed by atoms with E-state index in [0.717, 1.165) is 6.20 Å². The molecule has 6 N–H and O–H groups in total. The van der Waals surface area contributed by atoms with Gasteiger partial charge in [-0.3, -0.25) is 18.9 Å².